The fraction of sp³-hybridized carbons (Fsp3) is 0.778. The fourth-order valence-corrected chi connectivity index (χ4v) is 0.884. The minimum Gasteiger partial charge on any atom is -0.459 e. The molecule has 8 heteroatoms. The first kappa shape index (κ1) is 16.6. The van der Waals surface area contributed by atoms with Gasteiger partial charge in [-0.15, -0.1) is 0 Å². The summed E-state index contributed by atoms with van der Waals surface area (Å²) in [6.07, 6.45) is -0.859. The number of carbonyl (C=O) groups excluding carboxylic acids is 2. The first-order valence-corrected chi connectivity index (χ1v) is 5.82. The average molecular weight is 307 g/mol. The summed E-state index contributed by atoms with van der Waals surface area (Å²) < 4.78 is 7.80. The zero-order chi connectivity index (χ0) is 13.7. The Kier molecular flexibility index (Phi) is 6.37. The molecule has 0 aromatic carbocycles. The highest BCUT2D eigenvalue weighted by molar-refractivity contribution is 6.67. The molecule has 0 aliphatic heterocycles. The molecule has 0 aromatic rings. The second-order valence-corrected chi connectivity index (χ2v) is 6.65. The normalized spacial score (nSPS) is 11.9. The van der Waals surface area contributed by atoms with Crippen LogP contribution in [0.5, 0.6) is 0 Å². The number of esters is 1. The highest BCUT2D eigenvalue weighted by Gasteiger charge is 2.22. The van der Waals surface area contributed by atoms with E-state index in [1.54, 1.807) is 20.8 Å². The maximum Gasteiger partial charge on any atom is 0.407 e. The highest BCUT2D eigenvalue weighted by atomic mass is 35.6. The second-order valence-electron chi connectivity index (χ2n) is 4.13. The molecule has 1 amide bonds. The number of ether oxygens (including phenoxy) is 2. The van der Waals surface area contributed by atoms with Crippen LogP contribution in [0, 0.1) is 0 Å². The monoisotopic (exact) mass is 305 g/mol. The van der Waals surface area contributed by atoms with Gasteiger partial charge in [0.25, 0.3) is 0 Å². The molecule has 1 N–H and O–H groups in total. The van der Waals surface area contributed by atoms with Crippen molar-refractivity contribution in [1.82, 2.24) is 5.32 Å². The SMILES string of the molecule is CC(C)(C)OC(=O)CNC(=O)OCC(Cl)(Cl)Cl. The van der Waals surface area contributed by atoms with Gasteiger partial charge in [0.2, 0.25) is 3.79 Å². The number of alkyl carbamates (subject to hydrolysis) is 1. The third-order valence-corrected chi connectivity index (χ3v) is 1.49. The van der Waals surface area contributed by atoms with Crippen molar-refractivity contribution < 1.29 is 19.1 Å². The van der Waals surface area contributed by atoms with E-state index < -0.39 is 28.1 Å². The van der Waals surface area contributed by atoms with Crippen LogP contribution < -0.4 is 5.32 Å². The van der Waals surface area contributed by atoms with E-state index in [2.05, 4.69) is 10.1 Å². The molecule has 5 nitrogen and oxygen atoms in total. The minimum absolute atomic E-state index is 0.310. The molecule has 0 heterocycles. The summed E-state index contributed by atoms with van der Waals surface area (Å²) in [5.74, 6) is -0.580. The van der Waals surface area contributed by atoms with Crippen molar-refractivity contribution in [2.45, 2.75) is 30.2 Å². The number of alkyl halides is 3. The lowest BCUT2D eigenvalue weighted by Gasteiger charge is -2.19. The smallest absolute Gasteiger partial charge is 0.407 e. The maximum atomic E-state index is 11.2. The van der Waals surface area contributed by atoms with Crippen LogP contribution in [0.25, 0.3) is 0 Å². The Balaban J connectivity index is 3.82. The van der Waals surface area contributed by atoms with Crippen LogP contribution in [0.4, 0.5) is 4.79 Å². The number of halogens is 3. The van der Waals surface area contributed by atoms with E-state index in [1.807, 2.05) is 0 Å². The predicted molar refractivity (Wildman–Crippen MR) is 65.5 cm³/mol. The molecule has 0 saturated carbocycles. The Labute approximate surface area is 115 Å². The Bertz CT molecular complexity index is 283. The molecule has 17 heavy (non-hydrogen) atoms. The molecule has 0 radical (unpaired) electrons. The van der Waals surface area contributed by atoms with Gasteiger partial charge in [0.15, 0.2) is 0 Å². The molecular formula is C9H14Cl3NO4. The number of nitrogens with one attached hydrogen (secondary N) is 1. The molecule has 0 rings (SSSR count). The van der Waals surface area contributed by atoms with E-state index in [-0.39, 0.29) is 6.54 Å². The third-order valence-electron chi connectivity index (χ3n) is 1.16. The van der Waals surface area contributed by atoms with Crippen molar-refractivity contribution in [3.05, 3.63) is 0 Å². The molecule has 0 aliphatic carbocycles. The molecule has 0 spiro atoms. The Morgan fingerprint density at radius 2 is 1.71 bits per heavy atom. The third kappa shape index (κ3) is 11.9. The summed E-state index contributed by atoms with van der Waals surface area (Å²) in [6.45, 7) is 4.43. The zero-order valence-electron chi connectivity index (χ0n) is 9.68. The van der Waals surface area contributed by atoms with Crippen molar-refractivity contribution in [3.8, 4) is 0 Å². The van der Waals surface area contributed by atoms with E-state index in [0.717, 1.165) is 0 Å². The van der Waals surface area contributed by atoms with E-state index in [1.165, 1.54) is 0 Å². The number of hydrogen-bond donors (Lipinski definition) is 1. The van der Waals surface area contributed by atoms with Gasteiger partial charge in [0, 0.05) is 0 Å². The predicted octanol–water partition coefficient (Wildman–Crippen LogP) is 2.42. The van der Waals surface area contributed by atoms with E-state index in [0.29, 0.717) is 0 Å². The summed E-state index contributed by atoms with van der Waals surface area (Å²) in [5, 5.41) is 2.17. The number of rotatable bonds is 3. The molecular weight excluding hydrogens is 292 g/mol. The van der Waals surface area contributed by atoms with Gasteiger partial charge in [-0.05, 0) is 20.8 Å². The van der Waals surface area contributed by atoms with Crippen LogP contribution in [0.15, 0.2) is 0 Å². The highest BCUT2D eigenvalue weighted by Crippen LogP contribution is 2.25. The van der Waals surface area contributed by atoms with Gasteiger partial charge in [-0.3, -0.25) is 4.79 Å². The van der Waals surface area contributed by atoms with Crippen molar-refractivity contribution in [2.24, 2.45) is 0 Å². The lowest BCUT2D eigenvalue weighted by atomic mass is 10.2. The molecule has 0 aromatic heterocycles. The van der Waals surface area contributed by atoms with Gasteiger partial charge in [0.1, 0.15) is 18.8 Å². The lowest BCUT2D eigenvalue weighted by Crippen LogP contribution is -2.35. The molecule has 100 valence electrons. The molecule has 0 fully saturated rings. The molecule has 0 atom stereocenters. The van der Waals surface area contributed by atoms with Gasteiger partial charge >= 0.3 is 12.1 Å². The minimum atomic E-state index is -1.68. The Hall–Kier alpha value is -0.390. The van der Waals surface area contributed by atoms with Crippen LogP contribution in [-0.4, -0.2) is 34.6 Å². The van der Waals surface area contributed by atoms with Crippen LogP contribution in [0.1, 0.15) is 20.8 Å². The van der Waals surface area contributed by atoms with Crippen molar-refractivity contribution in [3.63, 3.8) is 0 Å². The topological polar surface area (TPSA) is 64.6 Å². The van der Waals surface area contributed by atoms with Gasteiger partial charge in [-0.25, -0.2) is 4.79 Å². The largest absolute Gasteiger partial charge is 0.459 e. The first-order chi connectivity index (χ1) is 7.49. The van der Waals surface area contributed by atoms with Crippen molar-refractivity contribution in [2.75, 3.05) is 13.2 Å². The van der Waals surface area contributed by atoms with Crippen LogP contribution in [0.2, 0.25) is 0 Å². The summed E-state index contributed by atoms with van der Waals surface area (Å²) in [4.78, 5) is 22.2. The van der Waals surface area contributed by atoms with E-state index in [4.69, 9.17) is 39.5 Å². The van der Waals surface area contributed by atoms with Crippen molar-refractivity contribution >= 4 is 46.9 Å². The van der Waals surface area contributed by atoms with Gasteiger partial charge < -0.3 is 14.8 Å². The van der Waals surface area contributed by atoms with Gasteiger partial charge in [-0.2, -0.15) is 0 Å². The molecule has 0 bridgehead atoms. The van der Waals surface area contributed by atoms with Gasteiger partial charge in [-0.1, -0.05) is 34.8 Å². The average Bonchev–Trinajstić information content (AvgIpc) is 2.07. The summed E-state index contributed by atoms with van der Waals surface area (Å²) in [7, 11) is 0. The Morgan fingerprint density at radius 3 is 2.12 bits per heavy atom. The summed E-state index contributed by atoms with van der Waals surface area (Å²) >= 11 is 16.1. The van der Waals surface area contributed by atoms with Crippen LogP contribution >= 0.6 is 34.8 Å². The standard InChI is InChI=1S/C9H14Cl3NO4/c1-8(2,3)17-6(14)4-13-7(15)16-5-9(10,11)12/h4-5H2,1-3H3,(H,13,15). The zero-order valence-corrected chi connectivity index (χ0v) is 11.9. The summed E-state index contributed by atoms with van der Waals surface area (Å²) in [5.41, 5.74) is -0.611. The quantitative estimate of drug-likeness (QED) is 0.642. The molecule has 0 saturated heterocycles. The van der Waals surface area contributed by atoms with E-state index >= 15 is 0 Å². The Morgan fingerprint density at radius 1 is 1.18 bits per heavy atom. The van der Waals surface area contributed by atoms with Gasteiger partial charge in [0.05, 0.1) is 0 Å². The number of carbonyl (C=O) groups is 2. The second kappa shape index (κ2) is 6.52. The van der Waals surface area contributed by atoms with E-state index in [9.17, 15) is 9.59 Å². The molecule has 0 unspecified atom stereocenters. The molecule has 0 aliphatic rings. The first-order valence-electron chi connectivity index (χ1n) is 4.69. The van der Waals surface area contributed by atoms with Crippen LogP contribution in [0.3, 0.4) is 0 Å². The number of amides is 1. The van der Waals surface area contributed by atoms with Crippen molar-refractivity contribution in [1.29, 1.82) is 0 Å². The lowest BCUT2D eigenvalue weighted by molar-refractivity contribution is -0.153. The maximum absolute atomic E-state index is 11.2. The number of hydrogen-bond acceptors (Lipinski definition) is 4. The fourth-order valence-electron chi connectivity index (χ4n) is 0.720. The summed E-state index contributed by atoms with van der Waals surface area (Å²) in [6, 6.07) is 0. The van der Waals surface area contributed by atoms with Crippen LogP contribution in [-0.2, 0) is 14.3 Å².